The first-order chi connectivity index (χ1) is 12.4. The Bertz CT molecular complexity index is 873. The maximum atomic E-state index is 12.8. The third kappa shape index (κ3) is 3.61. The molecule has 0 aromatic heterocycles. The molecule has 1 atom stereocenters. The van der Waals surface area contributed by atoms with Crippen molar-refractivity contribution in [3.05, 3.63) is 57.0 Å². The summed E-state index contributed by atoms with van der Waals surface area (Å²) in [6.45, 7) is 1.77. The highest BCUT2D eigenvalue weighted by atomic mass is 35.5. The Morgan fingerprint density at radius 3 is 2.50 bits per heavy atom. The van der Waals surface area contributed by atoms with E-state index in [1.807, 2.05) is 0 Å². The Balaban J connectivity index is 1.84. The summed E-state index contributed by atoms with van der Waals surface area (Å²) in [6, 6.07) is 9.43. The lowest BCUT2D eigenvalue weighted by atomic mass is 10.1. The molecule has 1 N–H and O–H groups in total. The summed E-state index contributed by atoms with van der Waals surface area (Å²) in [5.41, 5.74) is 0.989. The Labute approximate surface area is 165 Å². The van der Waals surface area contributed by atoms with Gasteiger partial charge in [-0.2, -0.15) is 0 Å². The number of nitrogens with one attached hydrogen (secondary N) is 1. The van der Waals surface area contributed by atoms with Gasteiger partial charge in [-0.1, -0.05) is 46.9 Å². The van der Waals surface area contributed by atoms with Gasteiger partial charge in [0.25, 0.3) is 5.91 Å². The fourth-order valence-electron chi connectivity index (χ4n) is 2.86. The van der Waals surface area contributed by atoms with Crippen LogP contribution in [0.4, 0.5) is 5.69 Å². The molecule has 5 nitrogen and oxygen atoms in total. The number of halogens is 3. The van der Waals surface area contributed by atoms with Crippen LogP contribution >= 0.6 is 34.8 Å². The van der Waals surface area contributed by atoms with E-state index in [0.717, 1.165) is 0 Å². The zero-order valence-electron chi connectivity index (χ0n) is 13.8. The van der Waals surface area contributed by atoms with Gasteiger partial charge in [0.2, 0.25) is 5.91 Å². The van der Waals surface area contributed by atoms with Crippen molar-refractivity contribution in [2.45, 2.75) is 13.0 Å². The molecule has 0 bridgehead atoms. The van der Waals surface area contributed by atoms with Crippen LogP contribution in [0.5, 0.6) is 5.75 Å². The van der Waals surface area contributed by atoms with Gasteiger partial charge in [-0.15, -0.1) is 0 Å². The van der Waals surface area contributed by atoms with Gasteiger partial charge in [-0.05, 0) is 24.3 Å². The predicted octanol–water partition coefficient (Wildman–Crippen LogP) is 4.25. The molecule has 0 spiro atoms. The number of benzene rings is 2. The zero-order valence-corrected chi connectivity index (χ0v) is 16.0. The summed E-state index contributed by atoms with van der Waals surface area (Å²) in [7, 11) is 0. The molecule has 0 aliphatic carbocycles. The van der Waals surface area contributed by atoms with Crippen molar-refractivity contribution in [1.82, 2.24) is 5.32 Å². The molecular formula is C18H15Cl3N2O3. The number of amides is 2. The van der Waals surface area contributed by atoms with Crippen molar-refractivity contribution >= 4 is 52.3 Å². The average molecular weight is 414 g/mol. The first kappa shape index (κ1) is 18.8. The van der Waals surface area contributed by atoms with Crippen LogP contribution in [0.15, 0.2) is 36.4 Å². The van der Waals surface area contributed by atoms with Gasteiger partial charge in [0.05, 0.1) is 22.3 Å². The summed E-state index contributed by atoms with van der Waals surface area (Å²) >= 11 is 18.6. The van der Waals surface area contributed by atoms with E-state index in [1.54, 1.807) is 36.4 Å². The van der Waals surface area contributed by atoms with Crippen molar-refractivity contribution < 1.29 is 14.3 Å². The minimum atomic E-state index is -0.867. The number of rotatable bonds is 5. The first-order valence-corrected chi connectivity index (χ1v) is 8.97. The number of fused-ring (bicyclic) bond motifs is 1. The molecular weight excluding hydrogens is 399 g/mol. The number of anilines is 1. The normalized spacial score (nSPS) is 15.8. The van der Waals surface area contributed by atoms with Gasteiger partial charge in [0.1, 0.15) is 18.4 Å². The van der Waals surface area contributed by atoms with Gasteiger partial charge in [-0.25, -0.2) is 0 Å². The summed E-state index contributed by atoms with van der Waals surface area (Å²) in [5, 5.41) is 3.86. The molecule has 0 fully saturated rings. The molecule has 1 aliphatic rings. The van der Waals surface area contributed by atoms with Crippen molar-refractivity contribution in [3.63, 3.8) is 0 Å². The Kier molecular flexibility index (Phi) is 5.61. The molecule has 8 heteroatoms. The highest BCUT2D eigenvalue weighted by molar-refractivity contribution is 6.38. The monoisotopic (exact) mass is 412 g/mol. The largest absolute Gasteiger partial charge is 0.490 e. The number of hydrogen-bond acceptors (Lipinski definition) is 3. The molecule has 3 rings (SSSR count). The van der Waals surface area contributed by atoms with Crippen molar-refractivity contribution in [1.29, 1.82) is 0 Å². The second kappa shape index (κ2) is 7.74. The van der Waals surface area contributed by atoms with Crippen molar-refractivity contribution in [3.8, 4) is 5.75 Å². The lowest BCUT2D eigenvalue weighted by molar-refractivity contribution is -0.126. The molecule has 1 aliphatic heterocycles. The third-order valence-corrected chi connectivity index (χ3v) is 4.89. The molecule has 0 saturated heterocycles. The topological polar surface area (TPSA) is 58.6 Å². The van der Waals surface area contributed by atoms with Crippen LogP contribution in [0.3, 0.4) is 0 Å². The van der Waals surface area contributed by atoms with Gasteiger partial charge in [0, 0.05) is 17.5 Å². The van der Waals surface area contributed by atoms with E-state index in [4.69, 9.17) is 39.5 Å². The summed E-state index contributed by atoms with van der Waals surface area (Å²) in [5.74, 6) is -0.121. The minimum absolute atomic E-state index is 0.199. The lowest BCUT2D eigenvalue weighted by Crippen LogP contribution is -2.38. The maximum absolute atomic E-state index is 12.8. The second-order valence-electron chi connectivity index (χ2n) is 5.69. The van der Waals surface area contributed by atoms with Crippen LogP contribution < -0.4 is 15.0 Å². The van der Waals surface area contributed by atoms with E-state index in [9.17, 15) is 9.59 Å². The molecule has 2 aromatic carbocycles. The quantitative estimate of drug-likeness (QED) is 0.797. The predicted molar refractivity (Wildman–Crippen MR) is 102 cm³/mol. The number of ether oxygens (including phenoxy) is 1. The molecule has 2 aromatic rings. The molecule has 136 valence electrons. The van der Waals surface area contributed by atoms with E-state index in [1.165, 1.54) is 11.8 Å². The first-order valence-electron chi connectivity index (χ1n) is 7.84. The van der Waals surface area contributed by atoms with E-state index >= 15 is 0 Å². The van der Waals surface area contributed by atoms with E-state index in [2.05, 4.69) is 5.32 Å². The number of carbonyl (C=O) groups is 2. The second-order valence-corrected chi connectivity index (χ2v) is 6.92. The molecule has 0 unspecified atom stereocenters. The number of para-hydroxylation sites is 1. The van der Waals surface area contributed by atoms with Crippen molar-refractivity contribution in [2.75, 3.05) is 18.1 Å². The van der Waals surface area contributed by atoms with Gasteiger partial charge >= 0.3 is 0 Å². The Hall–Kier alpha value is -1.95. The number of carbonyl (C=O) groups excluding carboxylic acids is 2. The van der Waals surface area contributed by atoms with Crippen LogP contribution in [-0.2, 0) is 9.59 Å². The van der Waals surface area contributed by atoms with Crippen LogP contribution in [0.25, 0.3) is 0 Å². The van der Waals surface area contributed by atoms with E-state index in [-0.39, 0.29) is 25.0 Å². The van der Waals surface area contributed by atoms with Gasteiger partial charge < -0.3 is 15.0 Å². The highest BCUT2D eigenvalue weighted by Crippen LogP contribution is 2.44. The average Bonchev–Trinajstić information content (AvgIpc) is 2.86. The summed E-state index contributed by atoms with van der Waals surface area (Å²) < 4.78 is 5.66. The highest BCUT2D eigenvalue weighted by Gasteiger charge is 2.40. The molecule has 26 heavy (non-hydrogen) atoms. The van der Waals surface area contributed by atoms with Crippen LogP contribution in [0.2, 0.25) is 15.1 Å². The molecule has 0 radical (unpaired) electrons. The van der Waals surface area contributed by atoms with Crippen molar-refractivity contribution in [2.24, 2.45) is 0 Å². The molecule has 0 saturated carbocycles. The minimum Gasteiger partial charge on any atom is -0.490 e. The smallest absolute Gasteiger partial charge is 0.254 e. The van der Waals surface area contributed by atoms with Crippen LogP contribution in [-0.4, -0.2) is 25.0 Å². The fourth-order valence-corrected chi connectivity index (χ4v) is 3.58. The molecule has 1 heterocycles. The SMILES string of the molecule is CC(=O)N[C@H]1C(=O)N(CCOc2ccccc2Cl)c2c(Cl)ccc(Cl)c21. The Morgan fingerprint density at radius 1 is 1.12 bits per heavy atom. The van der Waals surface area contributed by atoms with Crippen LogP contribution in [0.1, 0.15) is 18.5 Å². The van der Waals surface area contributed by atoms with Gasteiger partial charge in [-0.3, -0.25) is 9.59 Å². The van der Waals surface area contributed by atoms with E-state index < -0.39 is 6.04 Å². The summed E-state index contributed by atoms with van der Waals surface area (Å²) in [6.07, 6.45) is 0. The zero-order chi connectivity index (χ0) is 18.8. The summed E-state index contributed by atoms with van der Waals surface area (Å²) in [4.78, 5) is 25.8. The van der Waals surface area contributed by atoms with Gasteiger partial charge in [0.15, 0.2) is 0 Å². The van der Waals surface area contributed by atoms with E-state index in [0.29, 0.717) is 32.1 Å². The standard InChI is InChI=1S/C18H15Cl3N2O3/c1-10(24)22-16-15-12(20)6-7-13(21)17(15)23(18(16)25)8-9-26-14-5-3-2-4-11(14)19/h2-7,16H,8-9H2,1H3,(H,22,24)/t16-/m1/s1. The maximum Gasteiger partial charge on any atom is 0.254 e. The van der Waals surface area contributed by atoms with Crippen LogP contribution in [0, 0.1) is 0 Å². The lowest BCUT2D eigenvalue weighted by Gasteiger charge is -2.19. The third-order valence-electron chi connectivity index (χ3n) is 3.94. The Morgan fingerprint density at radius 2 is 1.81 bits per heavy atom. The molecule has 2 amide bonds. The fraction of sp³-hybridized carbons (Fsp3) is 0.222. The number of hydrogen-bond donors (Lipinski definition) is 1. The number of nitrogens with zero attached hydrogens (tertiary/aromatic N) is 1.